The molecule has 1 fully saturated rings. The number of benzene rings is 4. The van der Waals surface area contributed by atoms with Crippen LogP contribution in [0.2, 0.25) is 5.02 Å². The van der Waals surface area contributed by atoms with Crippen molar-refractivity contribution in [3.8, 4) is 0 Å². The molecule has 0 unspecified atom stereocenters. The van der Waals surface area contributed by atoms with Crippen molar-refractivity contribution in [3.63, 3.8) is 0 Å². The molecular weight excluding hydrogens is 630 g/mol. The van der Waals surface area contributed by atoms with Gasteiger partial charge in [-0.15, -0.1) is 0 Å². The van der Waals surface area contributed by atoms with Gasteiger partial charge in [0.2, 0.25) is 11.8 Å². The number of nitrogens with one attached hydrogen (secondary N) is 1. The molecule has 4 aromatic carbocycles. The molecule has 1 atom stereocenters. The number of hydrogen-bond donors (Lipinski definition) is 1. The second kappa shape index (κ2) is 15.2. The molecule has 9 heteroatoms. The molecule has 0 radical (unpaired) electrons. The number of anilines is 1. The van der Waals surface area contributed by atoms with E-state index in [9.17, 15) is 18.0 Å². The van der Waals surface area contributed by atoms with Gasteiger partial charge in [0, 0.05) is 24.0 Å². The number of halogens is 1. The van der Waals surface area contributed by atoms with Crippen molar-refractivity contribution in [2.75, 3.05) is 10.8 Å². The lowest BCUT2D eigenvalue weighted by Gasteiger charge is -2.34. The van der Waals surface area contributed by atoms with Crippen LogP contribution in [0.25, 0.3) is 0 Å². The Bertz CT molecular complexity index is 1810. The van der Waals surface area contributed by atoms with Gasteiger partial charge in [-0.05, 0) is 86.2 Å². The van der Waals surface area contributed by atoms with Gasteiger partial charge in [0.05, 0.1) is 10.6 Å². The molecule has 2 amide bonds. The summed E-state index contributed by atoms with van der Waals surface area (Å²) in [7, 11) is -4.17. The van der Waals surface area contributed by atoms with Crippen molar-refractivity contribution in [2.24, 2.45) is 0 Å². The summed E-state index contributed by atoms with van der Waals surface area (Å²) in [4.78, 5) is 30.4. The van der Waals surface area contributed by atoms with Crippen molar-refractivity contribution < 1.29 is 18.0 Å². The predicted molar refractivity (Wildman–Crippen MR) is 188 cm³/mol. The van der Waals surface area contributed by atoms with Gasteiger partial charge in [-0.3, -0.25) is 13.9 Å². The van der Waals surface area contributed by atoms with Crippen LogP contribution in [0.4, 0.5) is 5.69 Å². The largest absolute Gasteiger partial charge is 0.352 e. The van der Waals surface area contributed by atoms with Gasteiger partial charge in [-0.25, -0.2) is 8.42 Å². The maximum atomic E-state index is 14.7. The first-order valence-corrected chi connectivity index (χ1v) is 17.9. The standard InChI is InChI=1S/C38H42ClN3O4S/c1-27-17-21-34(22-18-27)47(45,46)42(33-20-19-28(2)29(3)23-33)26-37(43)41(25-31-13-7-10-16-35(31)39)36(24-30-11-5-4-6-12-30)38(44)40-32-14-8-9-15-32/h4-7,10-13,16-23,32,36H,8-9,14-15,24-26H2,1-3H3,(H,40,44)/t36-/m1/s1. The topological polar surface area (TPSA) is 86.8 Å². The first-order valence-electron chi connectivity index (χ1n) is 16.1. The minimum Gasteiger partial charge on any atom is -0.352 e. The van der Waals surface area contributed by atoms with Crippen molar-refractivity contribution in [3.05, 3.63) is 130 Å². The number of sulfonamides is 1. The summed E-state index contributed by atoms with van der Waals surface area (Å²) in [6.45, 7) is 5.26. The van der Waals surface area contributed by atoms with E-state index in [1.807, 2.05) is 75.4 Å². The molecule has 47 heavy (non-hydrogen) atoms. The molecule has 0 aromatic heterocycles. The Morgan fingerprint density at radius 3 is 2.17 bits per heavy atom. The van der Waals surface area contributed by atoms with E-state index >= 15 is 0 Å². The molecule has 0 bridgehead atoms. The van der Waals surface area contributed by atoms with Crippen LogP contribution in [0.5, 0.6) is 0 Å². The summed E-state index contributed by atoms with van der Waals surface area (Å²) in [6, 6.07) is 27.8. The van der Waals surface area contributed by atoms with E-state index in [1.54, 1.807) is 42.5 Å². The molecule has 246 valence electrons. The van der Waals surface area contributed by atoms with E-state index in [0.717, 1.165) is 52.2 Å². The third-order valence-corrected chi connectivity index (χ3v) is 11.1. The Kier molecular flexibility index (Phi) is 11.0. The number of amides is 2. The van der Waals surface area contributed by atoms with E-state index in [-0.39, 0.29) is 29.8 Å². The molecule has 1 saturated carbocycles. The summed E-state index contributed by atoms with van der Waals surface area (Å²) in [5, 5.41) is 3.65. The van der Waals surface area contributed by atoms with Gasteiger partial charge in [-0.2, -0.15) is 0 Å². The highest BCUT2D eigenvalue weighted by molar-refractivity contribution is 7.92. The lowest BCUT2D eigenvalue weighted by atomic mass is 10.0. The van der Waals surface area contributed by atoms with Crippen LogP contribution in [-0.2, 0) is 32.6 Å². The van der Waals surface area contributed by atoms with Crippen LogP contribution in [-0.4, -0.2) is 43.8 Å². The summed E-state index contributed by atoms with van der Waals surface area (Å²) >= 11 is 6.61. The summed E-state index contributed by atoms with van der Waals surface area (Å²) < 4.78 is 29.7. The highest BCUT2D eigenvalue weighted by Gasteiger charge is 2.36. The first-order chi connectivity index (χ1) is 22.5. The van der Waals surface area contributed by atoms with E-state index in [1.165, 1.54) is 4.90 Å². The summed E-state index contributed by atoms with van der Waals surface area (Å²) in [6.07, 6.45) is 4.11. The SMILES string of the molecule is Cc1ccc(S(=O)(=O)N(CC(=O)N(Cc2ccccc2Cl)[C@H](Cc2ccccc2)C(=O)NC2CCCC2)c2ccc(C)c(C)c2)cc1. The maximum absolute atomic E-state index is 14.7. The molecule has 0 saturated heterocycles. The Hall–Kier alpha value is -4.14. The van der Waals surface area contributed by atoms with E-state index in [0.29, 0.717) is 16.3 Å². The van der Waals surface area contributed by atoms with Gasteiger partial charge in [0.1, 0.15) is 12.6 Å². The molecule has 1 aliphatic rings. The summed E-state index contributed by atoms with van der Waals surface area (Å²) in [5.74, 6) is -0.776. The lowest BCUT2D eigenvalue weighted by molar-refractivity contribution is -0.140. The van der Waals surface area contributed by atoms with Crippen LogP contribution in [0.1, 0.15) is 53.5 Å². The fraction of sp³-hybridized carbons (Fsp3) is 0.316. The maximum Gasteiger partial charge on any atom is 0.264 e. The fourth-order valence-corrected chi connectivity index (χ4v) is 7.58. The molecule has 4 aromatic rings. The third-order valence-electron chi connectivity index (χ3n) is 8.94. The molecule has 0 aliphatic heterocycles. The van der Waals surface area contributed by atoms with Crippen LogP contribution < -0.4 is 9.62 Å². The van der Waals surface area contributed by atoms with Gasteiger partial charge < -0.3 is 10.2 Å². The average molecular weight is 672 g/mol. The van der Waals surface area contributed by atoms with E-state index in [2.05, 4.69) is 5.32 Å². The van der Waals surface area contributed by atoms with Gasteiger partial charge in [0.15, 0.2) is 0 Å². The van der Waals surface area contributed by atoms with E-state index in [4.69, 9.17) is 11.6 Å². The monoisotopic (exact) mass is 671 g/mol. The minimum atomic E-state index is -4.17. The first kappa shape index (κ1) is 34.2. The van der Waals surface area contributed by atoms with Crippen molar-refractivity contribution in [2.45, 2.75) is 76.4 Å². The number of carbonyl (C=O) groups excluding carboxylic acids is 2. The molecule has 5 rings (SSSR count). The second-order valence-electron chi connectivity index (χ2n) is 12.4. The Balaban J connectivity index is 1.58. The molecule has 0 heterocycles. The quantitative estimate of drug-likeness (QED) is 0.173. The second-order valence-corrected chi connectivity index (χ2v) is 14.7. The number of carbonyl (C=O) groups is 2. The normalized spacial score (nSPS) is 14.0. The van der Waals surface area contributed by atoms with Crippen LogP contribution in [0.3, 0.4) is 0 Å². The van der Waals surface area contributed by atoms with Crippen molar-refractivity contribution >= 4 is 39.1 Å². The Labute approximate surface area is 283 Å². The molecule has 7 nitrogen and oxygen atoms in total. The third kappa shape index (κ3) is 8.42. The van der Waals surface area contributed by atoms with Gasteiger partial charge in [-0.1, -0.05) is 96.7 Å². The predicted octanol–water partition coefficient (Wildman–Crippen LogP) is 7.16. The molecular formula is C38H42ClN3O4S. The highest BCUT2D eigenvalue weighted by Crippen LogP contribution is 2.28. The lowest BCUT2D eigenvalue weighted by Crippen LogP contribution is -2.54. The molecule has 1 N–H and O–H groups in total. The van der Waals surface area contributed by atoms with Crippen LogP contribution in [0, 0.1) is 20.8 Å². The Morgan fingerprint density at radius 1 is 0.851 bits per heavy atom. The van der Waals surface area contributed by atoms with Crippen molar-refractivity contribution in [1.29, 1.82) is 0 Å². The van der Waals surface area contributed by atoms with Crippen LogP contribution in [0.15, 0.2) is 102 Å². The fourth-order valence-electron chi connectivity index (χ4n) is 5.98. The number of hydrogen-bond acceptors (Lipinski definition) is 4. The smallest absolute Gasteiger partial charge is 0.264 e. The number of nitrogens with zero attached hydrogens (tertiary/aromatic N) is 2. The van der Waals surface area contributed by atoms with Crippen molar-refractivity contribution in [1.82, 2.24) is 10.2 Å². The zero-order valence-electron chi connectivity index (χ0n) is 27.2. The van der Waals surface area contributed by atoms with Crippen LogP contribution >= 0.6 is 11.6 Å². The Morgan fingerprint density at radius 2 is 1.51 bits per heavy atom. The number of rotatable bonds is 12. The van der Waals surface area contributed by atoms with Gasteiger partial charge >= 0.3 is 0 Å². The zero-order chi connectivity index (χ0) is 33.6. The summed E-state index contributed by atoms with van der Waals surface area (Å²) in [5.41, 5.74) is 4.72. The number of aryl methyl sites for hydroxylation is 3. The zero-order valence-corrected chi connectivity index (χ0v) is 28.7. The molecule has 0 spiro atoms. The molecule has 1 aliphatic carbocycles. The average Bonchev–Trinajstić information content (AvgIpc) is 3.57. The van der Waals surface area contributed by atoms with Gasteiger partial charge in [0.25, 0.3) is 10.0 Å². The van der Waals surface area contributed by atoms with E-state index < -0.39 is 28.5 Å². The highest BCUT2D eigenvalue weighted by atomic mass is 35.5. The minimum absolute atomic E-state index is 0.0272.